The molecule has 0 spiro atoms. The Kier molecular flexibility index (Phi) is 3.06. The maximum Gasteiger partial charge on any atom is 0.371 e. The number of aromatic nitrogens is 1. The molecule has 1 fully saturated rings. The van der Waals surface area contributed by atoms with Crippen LogP contribution in [0, 0.1) is 12.8 Å². The average Bonchev–Trinajstić information content (AvgIpc) is 3.02. The molecular formula is C13H12N2O4S. The molecule has 2 N–H and O–H groups in total. The second-order valence-electron chi connectivity index (χ2n) is 4.67. The first kappa shape index (κ1) is 12.9. The van der Waals surface area contributed by atoms with E-state index in [0.29, 0.717) is 16.6 Å². The summed E-state index contributed by atoms with van der Waals surface area (Å²) in [5.41, 5.74) is 0.701. The maximum atomic E-state index is 11.7. The predicted octanol–water partition coefficient (Wildman–Crippen LogP) is 2.76. The van der Waals surface area contributed by atoms with Gasteiger partial charge in [-0.25, -0.2) is 9.78 Å². The van der Waals surface area contributed by atoms with Gasteiger partial charge in [0.15, 0.2) is 5.13 Å². The van der Waals surface area contributed by atoms with Crippen LogP contribution in [0.1, 0.15) is 29.1 Å². The average molecular weight is 292 g/mol. The zero-order valence-electron chi connectivity index (χ0n) is 10.7. The smallest absolute Gasteiger partial charge is 0.371 e. The number of anilines is 1. The third-order valence-corrected chi connectivity index (χ3v) is 4.10. The van der Waals surface area contributed by atoms with E-state index < -0.39 is 5.97 Å². The molecule has 2 aromatic rings. The highest BCUT2D eigenvalue weighted by atomic mass is 32.1. The number of carboxylic acid groups (broad SMARTS) is 1. The Morgan fingerprint density at radius 2 is 2.20 bits per heavy atom. The van der Waals surface area contributed by atoms with Crippen LogP contribution in [0.4, 0.5) is 5.13 Å². The third-order valence-electron chi connectivity index (χ3n) is 3.02. The second-order valence-corrected chi connectivity index (χ2v) is 5.67. The number of aryl methyl sites for hydroxylation is 1. The topological polar surface area (TPSA) is 92.4 Å². The van der Waals surface area contributed by atoms with Crippen molar-refractivity contribution in [2.75, 3.05) is 5.32 Å². The number of rotatable bonds is 4. The number of carbonyl (C=O) groups excluding carboxylic acids is 1. The molecule has 1 aliphatic rings. The first-order chi connectivity index (χ1) is 9.54. The first-order valence-electron chi connectivity index (χ1n) is 6.16. The molecule has 1 amide bonds. The van der Waals surface area contributed by atoms with Gasteiger partial charge in [0.05, 0.1) is 10.6 Å². The SMILES string of the molecule is Cc1nc(NC(=O)C2CC2)sc1-c1ccc(C(=O)O)o1. The Bertz CT molecular complexity index is 684. The number of nitrogens with zero attached hydrogens (tertiary/aromatic N) is 1. The maximum absolute atomic E-state index is 11.7. The molecule has 0 unspecified atom stereocenters. The molecule has 6 nitrogen and oxygen atoms in total. The molecule has 2 aromatic heterocycles. The number of hydrogen-bond donors (Lipinski definition) is 2. The molecule has 1 saturated carbocycles. The lowest BCUT2D eigenvalue weighted by Crippen LogP contribution is -2.12. The number of aromatic carboxylic acids is 1. The summed E-state index contributed by atoms with van der Waals surface area (Å²) < 4.78 is 5.25. The summed E-state index contributed by atoms with van der Waals surface area (Å²) in [6.07, 6.45) is 1.87. The van der Waals surface area contributed by atoms with Crippen LogP contribution in [0.5, 0.6) is 0 Å². The minimum Gasteiger partial charge on any atom is -0.475 e. The van der Waals surface area contributed by atoms with Crippen LogP contribution in [0.2, 0.25) is 0 Å². The third kappa shape index (κ3) is 2.44. The minimum absolute atomic E-state index is 0.00373. The highest BCUT2D eigenvalue weighted by Gasteiger charge is 2.30. The van der Waals surface area contributed by atoms with Crippen LogP contribution < -0.4 is 5.32 Å². The zero-order chi connectivity index (χ0) is 14.3. The fourth-order valence-corrected chi connectivity index (χ4v) is 2.74. The van der Waals surface area contributed by atoms with Crippen molar-refractivity contribution in [3.63, 3.8) is 0 Å². The normalized spacial score (nSPS) is 14.2. The predicted molar refractivity (Wildman–Crippen MR) is 72.9 cm³/mol. The molecule has 0 aromatic carbocycles. The Morgan fingerprint density at radius 1 is 1.45 bits per heavy atom. The van der Waals surface area contributed by atoms with Gasteiger partial charge in [-0.05, 0) is 31.9 Å². The van der Waals surface area contributed by atoms with E-state index in [4.69, 9.17) is 9.52 Å². The number of nitrogens with one attached hydrogen (secondary N) is 1. The van der Waals surface area contributed by atoms with Crippen LogP contribution >= 0.6 is 11.3 Å². The van der Waals surface area contributed by atoms with Gasteiger partial charge in [-0.2, -0.15) is 0 Å². The lowest BCUT2D eigenvalue weighted by molar-refractivity contribution is -0.117. The van der Waals surface area contributed by atoms with Crippen molar-refractivity contribution >= 4 is 28.3 Å². The van der Waals surface area contributed by atoms with Crippen molar-refractivity contribution in [3.8, 4) is 10.6 Å². The first-order valence-corrected chi connectivity index (χ1v) is 6.98. The summed E-state index contributed by atoms with van der Waals surface area (Å²) in [5, 5.41) is 12.1. The van der Waals surface area contributed by atoms with E-state index >= 15 is 0 Å². The minimum atomic E-state index is -1.11. The van der Waals surface area contributed by atoms with E-state index in [1.807, 2.05) is 0 Å². The Morgan fingerprint density at radius 3 is 2.80 bits per heavy atom. The zero-order valence-corrected chi connectivity index (χ0v) is 11.5. The highest BCUT2D eigenvalue weighted by molar-refractivity contribution is 7.19. The quantitative estimate of drug-likeness (QED) is 0.904. The van der Waals surface area contributed by atoms with Crippen LogP contribution in [0.25, 0.3) is 10.6 Å². The van der Waals surface area contributed by atoms with Gasteiger partial charge in [-0.15, -0.1) is 0 Å². The molecule has 2 heterocycles. The van der Waals surface area contributed by atoms with E-state index in [0.717, 1.165) is 17.7 Å². The van der Waals surface area contributed by atoms with E-state index in [1.165, 1.54) is 17.4 Å². The lowest BCUT2D eigenvalue weighted by atomic mass is 10.3. The molecule has 20 heavy (non-hydrogen) atoms. The Balaban J connectivity index is 1.83. The summed E-state index contributed by atoms with van der Waals surface area (Å²) >= 11 is 1.28. The van der Waals surface area contributed by atoms with Gasteiger partial charge in [0, 0.05) is 5.92 Å². The molecule has 0 radical (unpaired) electrons. The highest BCUT2D eigenvalue weighted by Crippen LogP contribution is 2.35. The Labute approximate surface area is 118 Å². The van der Waals surface area contributed by atoms with Crippen LogP contribution in [-0.2, 0) is 4.79 Å². The van der Waals surface area contributed by atoms with Crippen molar-refractivity contribution in [3.05, 3.63) is 23.6 Å². The Hall–Kier alpha value is -2.15. The molecule has 7 heteroatoms. The molecule has 0 bridgehead atoms. The molecule has 0 atom stereocenters. The number of amides is 1. The van der Waals surface area contributed by atoms with Crippen molar-refractivity contribution in [1.29, 1.82) is 0 Å². The van der Waals surface area contributed by atoms with Crippen LogP contribution in [0.3, 0.4) is 0 Å². The number of thiazole rings is 1. The molecule has 0 saturated heterocycles. The standard InChI is InChI=1S/C13H12N2O4S/c1-6-10(8-4-5-9(19-8)12(17)18)20-13(14-6)15-11(16)7-2-3-7/h4-5,7H,2-3H2,1H3,(H,17,18)(H,14,15,16). The largest absolute Gasteiger partial charge is 0.475 e. The van der Waals surface area contributed by atoms with E-state index in [-0.39, 0.29) is 17.6 Å². The van der Waals surface area contributed by atoms with E-state index in [2.05, 4.69) is 10.3 Å². The fraction of sp³-hybridized carbons (Fsp3) is 0.308. The van der Waals surface area contributed by atoms with Crippen molar-refractivity contribution in [1.82, 2.24) is 4.98 Å². The summed E-state index contributed by atoms with van der Waals surface area (Å²) in [4.78, 5) is 27.5. The summed E-state index contributed by atoms with van der Waals surface area (Å²) in [7, 11) is 0. The molecule has 1 aliphatic carbocycles. The molecule has 0 aliphatic heterocycles. The van der Waals surface area contributed by atoms with Crippen LogP contribution in [-0.4, -0.2) is 22.0 Å². The van der Waals surface area contributed by atoms with Crippen molar-refractivity contribution < 1.29 is 19.1 Å². The van der Waals surface area contributed by atoms with Crippen molar-refractivity contribution in [2.45, 2.75) is 19.8 Å². The molecular weight excluding hydrogens is 280 g/mol. The van der Waals surface area contributed by atoms with Gasteiger partial charge >= 0.3 is 5.97 Å². The monoisotopic (exact) mass is 292 g/mol. The van der Waals surface area contributed by atoms with Gasteiger partial charge in [-0.1, -0.05) is 11.3 Å². The van der Waals surface area contributed by atoms with E-state index in [1.54, 1.807) is 13.0 Å². The molecule has 3 rings (SSSR count). The van der Waals surface area contributed by atoms with Crippen LogP contribution in [0.15, 0.2) is 16.5 Å². The second kappa shape index (κ2) is 4.75. The number of furan rings is 1. The number of carbonyl (C=O) groups is 2. The van der Waals surface area contributed by atoms with Gasteiger partial charge in [-0.3, -0.25) is 4.79 Å². The number of hydrogen-bond acceptors (Lipinski definition) is 5. The number of carboxylic acids is 1. The van der Waals surface area contributed by atoms with Crippen molar-refractivity contribution in [2.24, 2.45) is 5.92 Å². The van der Waals surface area contributed by atoms with Gasteiger partial charge in [0.25, 0.3) is 0 Å². The molecule has 104 valence electrons. The van der Waals surface area contributed by atoms with Gasteiger partial charge in [0.1, 0.15) is 5.76 Å². The summed E-state index contributed by atoms with van der Waals surface area (Å²) in [6, 6.07) is 3.00. The van der Waals surface area contributed by atoms with E-state index in [9.17, 15) is 9.59 Å². The summed E-state index contributed by atoms with van der Waals surface area (Å²) in [5.74, 6) is -0.665. The van der Waals surface area contributed by atoms with Gasteiger partial charge < -0.3 is 14.8 Å². The fourth-order valence-electron chi connectivity index (χ4n) is 1.81. The summed E-state index contributed by atoms with van der Waals surface area (Å²) in [6.45, 7) is 1.79. The van der Waals surface area contributed by atoms with Gasteiger partial charge in [0.2, 0.25) is 11.7 Å². The lowest BCUT2D eigenvalue weighted by Gasteiger charge is -1.97.